The summed E-state index contributed by atoms with van der Waals surface area (Å²) in [6.07, 6.45) is 0. The summed E-state index contributed by atoms with van der Waals surface area (Å²) in [6.45, 7) is 0.417. The number of nitrogens with two attached hydrogens (primary N) is 1. The van der Waals surface area contributed by atoms with Crippen molar-refractivity contribution in [1.82, 2.24) is 4.98 Å². The molecule has 0 spiro atoms. The first-order valence-corrected chi connectivity index (χ1v) is 7.76. The molecule has 3 N–H and O–H groups in total. The average Bonchev–Trinajstić information content (AvgIpc) is 2.97. The average molecular weight is 349 g/mol. The van der Waals surface area contributed by atoms with Crippen LogP contribution in [0.25, 0.3) is 10.2 Å². The summed E-state index contributed by atoms with van der Waals surface area (Å²) >= 11 is 1.07. The first-order chi connectivity index (χ1) is 11.5. The van der Waals surface area contributed by atoms with Crippen molar-refractivity contribution >= 4 is 32.6 Å². The van der Waals surface area contributed by atoms with Gasteiger partial charge in [-0.3, -0.25) is 4.79 Å². The molecule has 0 radical (unpaired) electrons. The normalized spacial score (nSPS) is 10.8. The van der Waals surface area contributed by atoms with Crippen molar-refractivity contribution in [3.8, 4) is 5.75 Å². The standard InChI is InChI=1S/C16H13F2N3O2S/c1-23-13-10(17)6-11-14(12(13)18)24-16(21-11)20-7-8-2-4-9(5-3-8)15(19)22/h2-6H,7H2,1H3,(H2,19,22)(H,20,21). The van der Waals surface area contributed by atoms with Crippen LogP contribution < -0.4 is 15.8 Å². The summed E-state index contributed by atoms with van der Waals surface area (Å²) in [5, 5.41) is 3.50. The molecule has 0 atom stereocenters. The monoisotopic (exact) mass is 349 g/mol. The van der Waals surface area contributed by atoms with Gasteiger partial charge in [0.15, 0.2) is 22.5 Å². The quantitative estimate of drug-likeness (QED) is 0.741. The molecular formula is C16H13F2N3O2S. The van der Waals surface area contributed by atoms with Gasteiger partial charge in [-0.15, -0.1) is 0 Å². The Hall–Kier alpha value is -2.74. The van der Waals surface area contributed by atoms with Crippen LogP contribution in [0.4, 0.5) is 13.9 Å². The number of methoxy groups -OCH3 is 1. The van der Waals surface area contributed by atoms with E-state index in [0.29, 0.717) is 17.2 Å². The lowest BCUT2D eigenvalue weighted by molar-refractivity contribution is 0.100. The van der Waals surface area contributed by atoms with Gasteiger partial charge in [-0.2, -0.15) is 0 Å². The van der Waals surface area contributed by atoms with E-state index in [4.69, 9.17) is 10.5 Å². The largest absolute Gasteiger partial charge is 0.491 e. The number of thiazole rings is 1. The molecule has 8 heteroatoms. The SMILES string of the molecule is COc1c(F)cc2nc(NCc3ccc(C(N)=O)cc3)sc2c1F. The molecule has 0 bridgehead atoms. The summed E-state index contributed by atoms with van der Waals surface area (Å²) in [6, 6.07) is 7.89. The third-order valence-electron chi connectivity index (χ3n) is 3.42. The van der Waals surface area contributed by atoms with Crippen LogP contribution in [0.5, 0.6) is 5.75 Å². The number of fused-ring (bicyclic) bond motifs is 1. The molecule has 0 saturated carbocycles. The summed E-state index contributed by atoms with van der Waals surface area (Å²) in [5.74, 6) is -2.46. The van der Waals surface area contributed by atoms with Gasteiger partial charge in [-0.1, -0.05) is 23.5 Å². The highest BCUT2D eigenvalue weighted by Gasteiger charge is 2.18. The number of amides is 1. The number of nitrogens with zero attached hydrogens (tertiary/aromatic N) is 1. The second-order valence-corrected chi connectivity index (χ2v) is 5.99. The molecule has 1 heterocycles. The van der Waals surface area contributed by atoms with Crippen LogP contribution in [0, 0.1) is 11.6 Å². The second kappa shape index (κ2) is 6.40. The molecule has 0 unspecified atom stereocenters. The number of halogens is 2. The number of aromatic nitrogens is 1. The molecule has 0 fully saturated rings. The van der Waals surface area contributed by atoms with Crippen molar-refractivity contribution < 1.29 is 18.3 Å². The number of benzene rings is 2. The number of primary amides is 1. The highest BCUT2D eigenvalue weighted by atomic mass is 32.1. The summed E-state index contributed by atoms with van der Waals surface area (Å²) in [5.41, 5.74) is 6.72. The number of carbonyl (C=O) groups excluding carboxylic acids is 1. The molecule has 124 valence electrons. The van der Waals surface area contributed by atoms with Crippen LogP contribution in [0.2, 0.25) is 0 Å². The maximum Gasteiger partial charge on any atom is 0.248 e. The lowest BCUT2D eigenvalue weighted by atomic mass is 10.1. The fourth-order valence-electron chi connectivity index (χ4n) is 2.21. The van der Waals surface area contributed by atoms with E-state index in [1.54, 1.807) is 24.3 Å². The second-order valence-electron chi connectivity index (χ2n) is 4.99. The molecular weight excluding hydrogens is 336 g/mol. The number of hydrogen-bond donors (Lipinski definition) is 2. The third-order valence-corrected chi connectivity index (χ3v) is 4.44. The topological polar surface area (TPSA) is 77.2 Å². The Morgan fingerprint density at radius 1 is 1.33 bits per heavy atom. The van der Waals surface area contributed by atoms with Gasteiger partial charge in [0.2, 0.25) is 5.91 Å². The van der Waals surface area contributed by atoms with Crippen molar-refractivity contribution in [3.05, 3.63) is 53.1 Å². The van der Waals surface area contributed by atoms with Gasteiger partial charge in [0, 0.05) is 18.2 Å². The van der Waals surface area contributed by atoms with Crippen LogP contribution >= 0.6 is 11.3 Å². The third kappa shape index (κ3) is 3.00. The van der Waals surface area contributed by atoms with Crippen LogP contribution in [-0.2, 0) is 6.54 Å². The Balaban J connectivity index is 1.80. The van der Waals surface area contributed by atoms with E-state index >= 15 is 0 Å². The minimum Gasteiger partial charge on any atom is -0.491 e. The summed E-state index contributed by atoms with van der Waals surface area (Å²) in [7, 11) is 1.21. The molecule has 0 aliphatic rings. The molecule has 3 rings (SSSR count). The van der Waals surface area contributed by atoms with Gasteiger partial charge in [0.25, 0.3) is 0 Å². The summed E-state index contributed by atoms with van der Waals surface area (Å²) < 4.78 is 32.8. The predicted molar refractivity (Wildman–Crippen MR) is 88.4 cm³/mol. The van der Waals surface area contributed by atoms with Gasteiger partial charge in [0.1, 0.15) is 0 Å². The minimum absolute atomic E-state index is 0.222. The van der Waals surface area contributed by atoms with Crippen molar-refractivity contribution in [2.24, 2.45) is 5.73 Å². The maximum atomic E-state index is 14.2. The van der Waals surface area contributed by atoms with E-state index in [9.17, 15) is 13.6 Å². The number of rotatable bonds is 5. The molecule has 24 heavy (non-hydrogen) atoms. The smallest absolute Gasteiger partial charge is 0.248 e. The van der Waals surface area contributed by atoms with Crippen molar-refractivity contribution in [1.29, 1.82) is 0 Å². The molecule has 1 aromatic heterocycles. The Kier molecular flexibility index (Phi) is 4.30. The predicted octanol–water partition coefficient (Wildman–Crippen LogP) is 3.29. The van der Waals surface area contributed by atoms with E-state index in [1.165, 1.54) is 7.11 Å². The zero-order valence-electron chi connectivity index (χ0n) is 12.6. The zero-order chi connectivity index (χ0) is 17.3. The Bertz CT molecular complexity index is 910. The van der Waals surface area contributed by atoms with E-state index < -0.39 is 23.3 Å². The molecule has 0 saturated heterocycles. The Labute approximate surface area is 140 Å². The van der Waals surface area contributed by atoms with Crippen LogP contribution in [-0.4, -0.2) is 18.0 Å². The van der Waals surface area contributed by atoms with Crippen LogP contribution in [0.3, 0.4) is 0 Å². The zero-order valence-corrected chi connectivity index (χ0v) is 13.4. The Morgan fingerprint density at radius 2 is 2.04 bits per heavy atom. The number of anilines is 1. The van der Waals surface area contributed by atoms with Crippen molar-refractivity contribution in [3.63, 3.8) is 0 Å². The lowest BCUT2D eigenvalue weighted by Crippen LogP contribution is -2.10. The van der Waals surface area contributed by atoms with Gasteiger partial charge >= 0.3 is 0 Å². The van der Waals surface area contributed by atoms with E-state index in [1.807, 2.05) is 0 Å². The fraction of sp³-hybridized carbons (Fsp3) is 0.125. The highest BCUT2D eigenvalue weighted by molar-refractivity contribution is 7.22. The summed E-state index contributed by atoms with van der Waals surface area (Å²) in [4.78, 5) is 15.2. The van der Waals surface area contributed by atoms with Gasteiger partial charge in [0.05, 0.1) is 17.3 Å². The van der Waals surface area contributed by atoms with Crippen LogP contribution in [0.1, 0.15) is 15.9 Å². The molecule has 0 aliphatic carbocycles. The Morgan fingerprint density at radius 3 is 2.67 bits per heavy atom. The molecule has 2 aromatic carbocycles. The van der Waals surface area contributed by atoms with Crippen molar-refractivity contribution in [2.75, 3.05) is 12.4 Å². The lowest BCUT2D eigenvalue weighted by Gasteiger charge is -2.03. The highest BCUT2D eigenvalue weighted by Crippen LogP contribution is 2.35. The number of ether oxygens (including phenoxy) is 1. The van der Waals surface area contributed by atoms with Crippen LogP contribution in [0.15, 0.2) is 30.3 Å². The van der Waals surface area contributed by atoms with E-state index in [-0.39, 0.29) is 10.2 Å². The van der Waals surface area contributed by atoms with Gasteiger partial charge < -0.3 is 15.8 Å². The van der Waals surface area contributed by atoms with E-state index in [2.05, 4.69) is 10.3 Å². The van der Waals surface area contributed by atoms with Gasteiger partial charge in [-0.25, -0.2) is 13.8 Å². The minimum atomic E-state index is -0.790. The number of carbonyl (C=O) groups is 1. The molecule has 1 amide bonds. The number of nitrogens with one attached hydrogen (secondary N) is 1. The maximum absolute atomic E-state index is 14.2. The first kappa shape index (κ1) is 16.1. The molecule has 3 aromatic rings. The van der Waals surface area contributed by atoms with Gasteiger partial charge in [-0.05, 0) is 17.7 Å². The van der Waals surface area contributed by atoms with Crippen molar-refractivity contribution in [2.45, 2.75) is 6.54 Å². The van der Waals surface area contributed by atoms with E-state index in [0.717, 1.165) is 23.0 Å². The first-order valence-electron chi connectivity index (χ1n) is 6.94. The molecule has 5 nitrogen and oxygen atoms in total. The number of hydrogen-bond acceptors (Lipinski definition) is 5. The fourth-order valence-corrected chi connectivity index (χ4v) is 3.08. The molecule has 0 aliphatic heterocycles.